The number of urea groups is 1. The molecule has 1 rings (SSSR count). The lowest BCUT2D eigenvalue weighted by Gasteiger charge is -2.13. The Bertz CT molecular complexity index is 472. The summed E-state index contributed by atoms with van der Waals surface area (Å²) in [5, 5.41) is 5.33. The van der Waals surface area contributed by atoms with Crippen molar-refractivity contribution in [1.29, 1.82) is 0 Å². The SMILES string of the molecule is CC(C)CNC(=O)Oc1cccc(NC(=O)N(C)C)c1. The summed E-state index contributed by atoms with van der Waals surface area (Å²) in [6.45, 7) is 4.55. The van der Waals surface area contributed by atoms with Crippen LogP contribution in [0.2, 0.25) is 0 Å². The van der Waals surface area contributed by atoms with Crippen LogP contribution in [0.25, 0.3) is 0 Å². The van der Waals surface area contributed by atoms with E-state index in [0.29, 0.717) is 23.9 Å². The van der Waals surface area contributed by atoms with Crippen LogP contribution in [-0.4, -0.2) is 37.7 Å². The van der Waals surface area contributed by atoms with Gasteiger partial charge >= 0.3 is 12.1 Å². The van der Waals surface area contributed by atoms with E-state index in [1.165, 1.54) is 4.90 Å². The minimum Gasteiger partial charge on any atom is -0.410 e. The second-order valence-corrected chi connectivity index (χ2v) is 5.02. The van der Waals surface area contributed by atoms with Crippen molar-refractivity contribution in [3.05, 3.63) is 24.3 Å². The van der Waals surface area contributed by atoms with Gasteiger partial charge in [-0.25, -0.2) is 9.59 Å². The fraction of sp³-hybridized carbons (Fsp3) is 0.429. The first kappa shape index (κ1) is 15.8. The van der Waals surface area contributed by atoms with Gasteiger partial charge in [-0.05, 0) is 18.1 Å². The Morgan fingerprint density at radius 2 is 2.00 bits per heavy atom. The van der Waals surface area contributed by atoms with Crippen LogP contribution in [0.3, 0.4) is 0 Å². The molecule has 0 aliphatic rings. The van der Waals surface area contributed by atoms with Gasteiger partial charge in [-0.1, -0.05) is 19.9 Å². The van der Waals surface area contributed by atoms with Gasteiger partial charge in [-0.2, -0.15) is 0 Å². The topological polar surface area (TPSA) is 70.7 Å². The normalized spacial score (nSPS) is 10.1. The Balaban J connectivity index is 2.59. The summed E-state index contributed by atoms with van der Waals surface area (Å²) in [4.78, 5) is 24.5. The van der Waals surface area contributed by atoms with Crippen molar-refractivity contribution in [1.82, 2.24) is 10.2 Å². The van der Waals surface area contributed by atoms with E-state index in [1.54, 1.807) is 38.4 Å². The van der Waals surface area contributed by atoms with Crippen LogP contribution in [0.15, 0.2) is 24.3 Å². The lowest BCUT2D eigenvalue weighted by atomic mass is 10.2. The molecule has 0 atom stereocenters. The average Bonchev–Trinajstić information content (AvgIpc) is 2.36. The van der Waals surface area contributed by atoms with Gasteiger partial charge in [-0.15, -0.1) is 0 Å². The van der Waals surface area contributed by atoms with E-state index < -0.39 is 6.09 Å². The van der Waals surface area contributed by atoms with Crippen molar-refractivity contribution in [3.63, 3.8) is 0 Å². The minimum atomic E-state index is -0.505. The van der Waals surface area contributed by atoms with Crippen LogP contribution >= 0.6 is 0 Å². The van der Waals surface area contributed by atoms with E-state index in [1.807, 2.05) is 13.8 Å². The number of carbonyl (C=O) groups excluding carboxylic acids is 2. The molecule has 0 spiro atoms. The van der Waals surface area contributed by atoms with Crippen LogP contribution in [0.5, 0.6) is 5.75 Å². The molecule has 3 amide bonds. The predicted molar refractivity (Wildman–Crippen MR) is 78.0 cm³/mol. The molecule has 20 heavy (non-hydrogen) atoms. The zero-order valence-corrected chi connectivity index (χ0v) is 12.3. The molecule has 1 aromatic rings. The van der Waals surface area contributed by atoms with Crippen molar-refractivity contribution >= 4 is 17.8 Å². The van der Waals surface area contributed by atoms with E-state index in [-0.39, 0.29) is 6.03 Å². The third-order valence-corrected chi connectivity index (χ3v) is 2.36. The fourth-order valence-corrected chi connectivity index (χ4v) is 1.30. The number of hydrogen-bond donors (Lipinski definition) is 2. The van der Waals surface area contributed by atoms with Crippen LogP contribution < -0.4 is 15.4 Å². The van der Waals surface area contributed by atoms with E-state index in [9.17, 15) is 9.59 Å². The first-order valence-electron chi connectivity index (χ1n) is 6.42. The average molecular weight is 279 g/mol. The highest BCUT2D eigenvalue weighted by Crippen LogP contribution is 2.17. The van der Waals surface area contributed by atoms with Gasteiger partial charge in [-0.3, -0.25) is 0 Å². The van der Waals surface area contributed by atoms with Crippen LogP contribution in [0.1, 0.15) is 13.8 Å². The zero-order chi connectivity index (χ0) is 15.1. The lowest BCUT2D eigenvalue weighted by Crippen LogP contribution is -2.30. The van der Waals surface area contributed by atoms with Gasteiger partial charge in [0.15, 0.2) is 0 Å². The molecule has 0 fully saturated rings. The number of hydrogen-bond acceptors (Lipinski definition) is 3. The van der Waals surface area contributed by atoms with Crippen molar-refractivity contribution in [2.75, 3.05) is 26.0 Å². The van der Waals surface area contributed by atoms with E-state index in [4.69, 9.17) is 4.74 Å². The molecular weight excluding hydrogens is 258 g/mol. The summed E-state index contributed by atoms with van der Waals surface area (Å²) in [7, 11) is 3.30. The van der Waals surface area contributed by atoms with Gasteiger partial charge in [0.05, 0.1) is 0 Å². The molecule has 0 bridgehead atoms. The zero-order valence-electron chi connectivity index (χ0n) is 12.3. The second-order valence-electron chi connectivity index (χ2n) is 5.02. The van der Waals surface area contributed by atoms with E-state index in [0.717, 1.165) is 0 Å². The number of amides is 3. The highest BCUT2D eigenvalue weighted by atomic mass is 16.6. The summed E-state index contributed by atoms with van der Waals surface area (Å²) in [6, 6.07) is 6.43. The Labute approximate surface area is 119 Å². The van der Waals surface area contributed by atoms with Crippen molar-refractivity contribution < 1.29 is 14.3 Å². The predicted octanol–water partition coefficient (Wildman–Crippen LogP) is 2.52. The molecule has 1 aromatic carbocycles. The van der Waals surface area contributed by atoms with Crippen LogP contribution in [0.4, 0.5) is 15.3 Å². The maximum Gasteiger partial charge on any atom is 0.412 e. The first-order valence-corrected chi connectivity index (χ1v) is 6.42. The second kappa shape index (κ2) is 7.37. The van der Waals surface area contributed by atoms with Gasteiger partial charge in [0.2, 0.25) is 0 Å². The molecule has 2 N–H and O–H groups in total. The quantitative estimate of drug-likeness (QED) is 0.889. The van der Waals surface area contributed by atoms with Gasteiger partial charge in [0.25, 0.3) is 0 Å². The smallest absolute Gasteiger partial charge is 0.410 e. The van der Waals surface area contributed by atoms with Crippen LogP contribution in [-0.2, 0) is 0 Å². The Hall–Kier alpha value is -2.24. The van der Waals surface area contributed by atoms with Crippen molar-refractivity contribution in [2.45, 2.75) is 13.8 Å². The molecule has 0 heterocycles. The summed E-state index contributed by atoms with van der Waals surface area (Å²) >= 11 is 0. The number of ether oxygens (including phenoxy) is 1. The number of nitrogens with one attached hydrogen (secondary N) is 2. The fourth-order valence-electron chi connectivity index (χ4n) is 1.30. The summed E-state index contributed by atoms with van der Waals surface area (Å²) in [6.07, 6.45) is -0.505. The van der Waals surface area contributed by atoms with Gasteiger partial charge in [0.1, 0.15) is 5.75 Å². The Kier molecular flexibility index (Phi) is 5.83. The number of benzene rings is 1. The molecule has 0 saturated carbocycles. The molecule has 0 aromatic heterocycles. The molecule has 0 unspecified atom stereocenters. The van der Waals surface area contributed by atoms with Crippen molar-refractivity contribution in [2.24, 2.45) is 5.92 Å². The number of rotatable bonds is 4. The molecule has 6 nitrogen and oxygen atoms in total. The summed E-state index contributed by atoms with van der Waals surface area (Å²) in [5.74, 6) is 0.732. The largest absolute Gasteiger partial charge is 0.412 e. The van der Waals surface area contributed by atoms with E-state index >= 15 is 0 Å². The highest BCUT2D eigenvalue weighted by molar-refractivity contribution is 5.89. The molecular formula is C14H21N3O3. The van der Waals surface area contributed by atoms with Gasteiger partial charge in [0, 0.05) is 32.4 Å². The molecule has 0 radical (unpaired) electrons. The maximum absolute atomic E-state index is 11.5. The standard InChI is InChI=1S/C14H21N3O3/c1-10(2)9-15-14(19)20-12-7-5-6-11(8-12)16-13(18)17(3)4/h5-8,10H,9H2,1-4H3,(H,15,19)(H,16,18). The highest BCUT2D eigenvalue weighted by Gasteiger charge is 2.07. The Morgan fingerprint density at radius 1 is 1.30 bits per heavy atom. The first-order chi connectivity index (χ1) is 9.38. The van der Waals surface area contributed by atoms with Gasteiger partial charge < -0.3 is 20.3 Å². The third kappa shape index (κ3) is 5.60. The molecule has 6 heteroatoms. The lowest BCUT2D eigenvalue weighted by molar-refractivity contribution is 0.199. The number of carbonyl (C=O) groups is 2. The monoisotopic (exact) mass is 279 g/mol. The van der Waals surface area contributed by atoms with Crippen LogP contribution in [0, 0.1) is 5.92 Å². The van der Waals surface area contributed by atoms with E-state index in [2.05, 4.69) is 10.6 Å². The maximum atomic E-state index is 11.5. The minimum absolute atomic E-state index is 0.244. The number of nitrogens with zero attached hydrogens (tertiary/aromatic N) is 1. The van der Waals surface area contributed by atoms with Crippen molar-refractivity contribution in [3.8, 4) is 5.75 Å². The number of anilines is 1. The molecule has 0 aliphatic carbocycles. The Morgan fingerprint density at radius 3 is 2.60 bits per heavy atom. The molecule has 0 saturated heterocycles. The molecule has 0 aliphatic heterocycles. The molecule has 110 valence electrons. The third-order valence-electron chi connectivity index (χ3n) is 2.36. The summed E-state index contributed by atoms with van der Waals surface area (Å²) < 4.78 is 5.13. The summed E-state index contributed by atoms with van der Waals surface area (Å²) in [5.41, 5.74) is 0.567.